The van der Waals surface area contributed by atoms with Gasteiger partial charge in [0.2, 0.25) is 0 Å². The van der Waals surface area contributed by atoms with Crippen LogP contribution < -0.4 is 11.5 Å². The lowest BCUT2D eigenvalue weighted by Crippen LogP contribution is -2.33. The lowest BCUT2D eigenvalue weighted by atomic mass is 10.1. The second-order valence-corrected chi connectivity index (χ2v) is 5.91. The first-order chi connectivity index (χ1) is 9.61. The van der Waals surface area contributed by atoms with Crippen molar-refractivity contribution in [2.75, 3.05) is 0 Å². The average Bonchev–Trinajstić information content (AvgIpc) is 2.89. The summed E-state index contributed by atoms with van der Waals surface area (Å²) in [5.41, 5.74) is 14.7. The summed E-state index contributed by atoms with van der Waals surface area (Å²) in [5.74, 6) is 0.832. The monoisotopic (exact) mass is 290 g/mol. The molecule has 2 rings (SSSR count). The highest BCUT2D eigenvalue weighted by atomic mass is 32.1. The van der Waals surface area contributed by atoms with Crippen LogP contribution >= 0.6 is 11.5 Å². The van der Waals surface area contributed by atoms with Gasteiger partial charge in [-0.05, 0) is 36.0 Å². The topological polar surface area (TPSA) is 77.8 Å². The van der Waals surface area contributed by atoms with E-state index in [2.05, 4.69) is 35.3 Å². The second-order valence-electron chi connectivity index (χ2n) is 5.13. The molecule has 4 N–H and O–H groups in total. The Bertz CT molecular complexity index is 552. The van der Waals surface area contributed by atoms with Crippen LogP contribution in [0.4, 0.5) is 0 Å². The van der Waals surface area contributed by atoms with Crippen molar-refractivity contribution in [3.63, 3.8) is 0 Å². The fraction of sp³-hybridized carbons (Fsp3) is 0.467. The molecule has 1 aromatic carbocycles. The van der Waals surface area contributed by atoms with E-state index < -0.39 is 0 Å². The number of benzene rings is 1. The normalized spacial score (nSPS) is 14.2. The largest absolute Gasteiger partial charge is 0.326 e. The SMILES string of the molecule is CCCC(N)C(N)c1nc(Cc2ccccc2C)ns1. The van der Waals surface area contributed by atoms with E-state index in [1.807, 2.05) is 12.1 Å². The third-order valence-electron chi connectivity index (χ3n) is 3.46. The fourth-order valence-electron chi connectivity index (χ4n) is 2.15. The summed E-state index contributed by atoms with van der Waals surface area (Å²) >= 11 is 1.37. The molecule has 2 unspecified atom stereocenters. The molecule has 1 aromatic heterocycles. The number of aryl methyl sites for hydroxylation is 1. The summed E-state index contributed by atoms with van der Waals surface area (Å²) in [7, 11) is 0. The van der Waals surface area contributed by atoms with Crippen molar-refractivity contribution in [3.05, 3.63) is 46.2 Å². The van der Waals surface area contributed by atoms with E-state index in [1.54, 1.807) is 0 Å². The quantitative estimate of drug-likeness (QED) is 0.857. The van der Waals surface area contributed by atoms with Crippen molar-refractivity contribution in [3.8, 4) is 0 Å². The molecule has 0 amide bonds. The molecule has 2 atom stereocenters. The van der Waals surface area contributed by atoms with E-state index in [0.29, 0.717) is 0 Å². The lowest BCUT2D eigenvalue weighted by molar-refractivity contribution is 0.504. The fourth-order valence-corrected chi connectivity index (χ4v) is 2.90. The molecule has 0 saturated carbocycles. The van der Waals surface area contributed by atoms with E-state index in [4.69, 9.17) is 11.5 Å². The van der Waals surface area contributed by atoms with Gasteiger partial charge in [0, 0.05) is 12.5 Å². The van der Waals surface area contributed by atoms with Crippen LogP contribution in [0.5, 0.6) is 0 Å². The third kappa shape index (κ3) is 3.62. The van der Waals surface area contributed by atoms with E-state index in [-0.39, 0.29) is 12.1 Å². The summed E-state index contributed by atoms with van der Waals surface area (Å²) < 4.78 is 4.41. The van der Waals surface area contributed by atoms with Gasteiger partial charge in [-0.2, -0.15) is 4.37 Å². The van der Waals surface area contributed by atoms with E-state index >= 15 is 0 Å². The molecule has 1 heterocycles. The molecule has 0 saturated heterocycles. The lowest BCUT2D eigenvalue weighted by Gasteiger charge is -2.15. The van der Waals surface area contributed by atoms with Crippen molar-refractivity contribution >= 4 is 11.5 Å². The van der Waals surface area contributed by atoms with Gasteiger partial charge < -0.3 is 11.5 Å². The van der Waals surface area contributed by atoms with Gasteiger partial charge in [0.1, 0.15) is 10.8 Å². The minimum absolute atomic E-state index is 0.0424. The molecule has 0 aliphatic carbocycles. The molecule has 108 valence electrons. The second kappa shape index (κ2) is 6.92. The molecule has 0 bridgehead atoms. The van der Waals surface area contributed by atoms with Crippen LogP contribution in [0.25, 0.3) is 0 Å². The Morgan fingerprint density at radius 1 is 1.25 bits per heavy atom. The van der Waals surface area contributed by atoms with E-state index in [1.165, 1.54) is 22.7 Å². The first-order valence-corrected chi connectivity index (χ1v) is 7.77. The summed E-state index contributed by atoms with van der Waals surface area (Å²) in [4.78, 5) is 4.55. The summed E-state index contributed by atoms with van der Waals surface area (Å²) in [6.45, 7) is 4.21. The number of nitrogens with zero attached hydrogens (tertiary/aromatic N) is 2. The van der Waals surface area contributed by atoms with Gasteiger partial charge in [-0.1, -0.05) is 37.6 Å². The first-order valence-electron chi connectivity index (χ1n) is 7.00. The number of hydrogen-bond acceptors (Lipinski definition) is 5. The zero-order valence-corrected chi connectivity index (χ0v) is 12.9. The average molecular weight is 290 g/mol. The van der Waals surface area contributed by atoms with Gasteiger partial charge in [-0.25, -0.2) is 4.98 Å². The zero-order valence-electron chi connectivity index (χ0n) is 12.0. The van der Waals surface area contributed by atoms with Gasteiger partial charge in [-0.3, -0.25) is 0 Å². The molecular weight excluding hydrogens is 268 g/mol. The molecule has 0 aliphatic rings. The Balaban J connectivity index is 2.07. The highest BCUT2D eigenvalue weighted by Gasteiger charge is 2.19. The molecule has 4 nitrogen and oxygen atoms in total. The molecule has 0 spiro atoms. The third-order valence-corrected chi connectivity index (χ3v) is 4.31. The number of nitrogens with two attached hydrogens (primary N) is 2. The van der Waals surface area contributed by atoms with Crippen molar-refractivity contribution in [2.24, 2.45) is 11.5 Å². The van der Waals surface area contributed by atoms with Crippen LogP contribution in [0.1, 0.15) is 47.8 Å². The standard InChI is InChI=1S/C15H22N4S/c1-3-6-12(16)14(17)15-18-13(19-20-15)9-11-8-5-4-7-10(11)2/h4-5,7-8,12,14H,3,6,9,16-17H2,1-2H3. The first kappa shape index (κ1) is 15.1. The highest BCUT2D eigenvalue weighted by Crippen LogP contribution is 2.20. The van der Waals surface area contributed by atoms with Gasteiger partial charge in [0.15, 0.2) is 0 Å². The van der Waals surface area contributed by atoms with Crippen LogP contribution in [0.2, 0.25) is 0 Å². The molecule has 0 radical (unpaired) electrons. The van der Waals surface area contributed by atoms with Crippen molar-refractivity contribution in [1.82, 2.24) is 9.36 Å². The van der Waals surface area contributed by atoms with Gasteiger partial charge in [0.25, 0.3) is 0 Å². The summed E-state index contributed by atoms with van der Waals surface area (Å²) in [6, 6.07) is 8.04. The van der Waals surface area contributed by atoms with E-state index in [9.17, 15) is 0 Å². The summed E-state index contributed by atoms with van der Waals surface area (Å²) in [6.07, 6.45) is 2.69. The Morgan fingerprint density at radius 2 is 2.00 bits per heavy atom. The predicted octanol–water partition coefficient (Wildman–Crippen LogP) is 2.56. The van der Waals surface area contributed by atoms with E-state index in [0.717, 1.165) is 30.1 Å². The molecule has 0 aliphatic heterocycles. The Kier molecular flexibility index (Phi) is 5.23. The van der Waals surface area contributed by atoms with Gasteiger partial charge >= 0.3 is 0 Å². The molecule has 5 heteroatoms. The highest BCUT2D eigenvalue weighted by molar-refractivity contribution is 7.05. The minimum atomic E-state index is -0.210. The summed E-state index contributed by atoms with van der Waals surface area (Å²) in [5, 5.41) is 0.842. The Hall–Kier alpha value is -1.30. The smallest absolute Gasteiger partial charge is 0.147 e. The molecule has 20 heavy (non-hydrogen) atoms. The minimum Gasteiger partial charge on any atom is -0.326 e. The Labute approximate surface area is 124 Å². The number of rotatable bonds is 6. The number of hydrogen-bond donors (Lipinski definition) is 2. The van der Waals surface area contributed by atoms with Crippen LogP contribution in [-0.4, -0.2) is 15.4 Å². The number of aromatic nitrogens is 2. The van der Waals surface area contributed by atoms with Crippen molar-refractivity contribution in [1.29, 1.82) is 0 Å². The maximum Gasteiger partial charge on any atom is 0.147 e. The van der Waals surface area contributed by atoms with Gasteiger partial charge in [-0.15, -0.1) is 0 Å². The van der Waals surface area contributed by atoms with Gasteiger partial charge in [0.05, 0.1) is 6.04 Å². The Morgan fingerprint density at radius 3 is 2.70 bits per heavy atom. The van der Waals surface area contributed by atoms with Crippen LogP contribution in [0.15, 0.2) is 24.3 Å². The molecule has 0 fully saturated rings. The van der Waals surface area contributed by atoms with Crippen molar-refractivity contribution in [2.45, 2.75) is 45.2 Å². The predicted molar refractivity (Wildman–Crippen MR) is 83.7 cm³/mol. The van der Waals surface area contributed by atoms with Crippen LogP contribution in [0.3, 0.4) is 0 Å². The molecule has 2 aromatic rings. The maximum atomic E-state index is 6.14. The molecular formula is C15H22N4S. The van der Waals surface area contributed by atoms with Crippen LogP contribution in [-0.2, 0) is 6.42 Å². The van der Waals surface area contributed by atoms with Crippen molar-refractivity contribution < 1.29 is 0 Å². The van der Waals surface area contributed by atoms with Crippen LogP contribution in [0, 0.1) is 6.92 Å². The maximum absolute atomic E-state index is 6.14. The zero-order chi connectivity index (χ0) is 14.5.